The van der Waals surface area contributed by atoms with Gasteiger partial charge >= 0.3 is 5.97 Å². The first-order chi connectivity index (χ1) is 6.65. The number of carbonyl (C=O) groups is 1. The molecule has 0 aromatic carbocycles. The summed E-state index contributed by atoms with van der Waals surface area (Å²) in [5.41, 5.74) is 0. The van der Waals surface area contributed by atoms with Gasteiger partial charge in [-0.2, -0.15) is 0 Å². The van der Waals surface area contributed by atoms with Gasteiger partial charge in [0.1, 0.15) is 0 Å². The quantitative estimate of drug-likeness (QED) is 0.589. The minimum absolute atomic E-state index is 0.0398. The van der Waals surface area contributed by atoms with Crippen molar-refractivity contribution in [2.24, 2.45) is 11.8 Å². The van der Waals surface area contributed by atoms with Crippen LogP contribution in [0.15, 0.2) is 0 Å². The van der Waals surface area contributed by atoms with Crippen LogP contribution in [0.4, 0.5) is 0 Å². The lowest BCUT2D eigenvalue weighted by molar-refractivity contribution is -0.149. The summed E-state index contributed by atoms with van der Waals surface area (Å²) in [5, 5.41) is 0. The molecule has 2 atom stereocenters. The SMILES string of the molecule is CCCC(CC)COC(=O)C(C)CC. The fourth-order valence-electron chi connectivity index (χ4n) is 1.32. The maximum absolute atomic E-state index is 11.4. The summed E-state index contributed by atoms with van der Waals surface area (Å²) >= 11 is 0. The second-order valence-corrected chi connectivity index (χ2v) is 4.00. The Kier molecular flexibility index (Phi) is 7.54. The van der Waals surface area contributed by atoms with Gasteiger partial charge in [0.25, 0.3) is 0 Å². The van der Waals surface area contributed by atoms with E-state index in [1.54, 1.807) is 0 Å². The molecule has 0 amide bonds. The normalized spacial score (nSPS) is 14.9. The molecule has 84 valence electrons. The van der Waals surface area contributed by atoms with Gasteiger partial charge in [0.15, 0.2) is 0 Å². The number of rotatable bonds is 7. The Bertz CT molecular complexity index is 154. The molecular weight excluding hydrogens is 176 g/mol. The fraction of sp³-hybridized carbons (Fsp3) is 0.917. The minimum Gasteiger partial charge on any atom is -0.465 e. The highest BCUT2D eigenvalue weighted by Gasteiger charge is 2.14. The first kappa shape index (κ1) is 13.5. The zero-order chi connectivity index (χ0) is 11.0. The summed E-state index contributed by atoms with van der Waals surface area (Å²) in [5.74, 6) is 0.559. The van der Waals surface area contributed by atoms with Crippen molar-refractivity contribution in [1.29, 1.82) is 0 Å². The van der Waals surface area contributed by atoms with Crippen molar-refractivity contribution in [3.63, 3.8) is 0 Å². The lowest BCUT2D eigenvalue weighted by Gasteiger charge is -2.15. The molecular formula is C12H24O2. The minimum atomic E-state index is -0.0398. The summed E-state index contributed by atoms with van der Waals surface area (Å²) in [4.78, 5) is 11.4. The third kappa shape index (κ3) is 5.25. The van der Waals surface area contributed by atoms with Crippen molar-refractivity contribution < 1.29 is 9.53 Å². The smallest absolute Gasteiger partial charge is 0.308 e. The standard InChI is InChI=1S/C12H24O2/c1-5-8-11(7-3)9-14-12(13)10(4)6-2/h10-11H,5-9H2,1-4H3. The molecule has 2 unspecified atom stereocenters. The Morgan fingerprint density at radius 2 is 1.86 bits per heavy atom. The predicted octanol–water partition coefficient (Wildman–Crippen LogP) is 3.40. The van der Waals surface area contributed by atoms with Gasteiger partial charge in [-0.05, 0) is 18.8 Å². The van der Waals surface area contributed by atoms with E-state index in [1.165, 1.54) is 6.42 Å². The van der Waals surface area contributed by atoms with Gasteiger partial charge < -0.3 is 4.74 Å². The summed E-state index contributed by atoms with van der Waals surface area (Å²) in [6.07, 6.45) is 4.29. The van der Waals surface area contributed by atoms with Crippen LogP contribution in [0.25, 0.3) is 0 Å². The molecule has 0 spiro atoms. The van der Waals surface area contributed by atoms with Crippen LogP contribution in [0.2, 0.25) is 0 Å². The first-order valence-electron chi connectivity index (χ1n) is 5.82. The van der Waals surface area contributed by atoms with Crippen LogP contribution in [0.1, 0.15) is 53.4 Å². The van der Waals surface area contributed by atoms with Crippen LogP contribution < -0.4 is 0 Å². The van der Waals surface area contributed by atoms with Crippen LogP contribution in [0, 0.1) is 11.8 Å². The maximum atomic E-state index is 11.4. The van der Waals surface area contributed by atoms with Crippen LogP contribution in [0.3, 0.4) is 0 Å². The predicted molar refractivity (Wildman–Crippen MR) is 59.1 cm³/mol. The topological polar surface area (TPSA) is 26.3 Å². The average molecular weight is 200 g/mol. The zero-order valence-electron chi connectivity index (χ0n) is 10.0. The average Bonchev–Trinajstić information content (AvgIpc) is 2.22. The van der Waals surface area contributed by atoms with E-state index >= 15 is 0 Å². The molecule has 0 aliphatic rings. The Morgan fingerprint density at radius 3 is 2.29 bits per heavy atom. The molecule has 0 rings (SSSR count). The second-order valence-electron chi connectivity index (χ2n) is 4.00. The van der Waals surface area contributed by atoms with Crippen LogP contribution in [0.5, 0.6) is 0 Å². The number of hydrogen-bond acceptors (Lipinski definition) is 2. The van der Waals surface area contributed by atoms with Crippen molar-refractivity contribution in [1.82, 2.24) is 0 Å². The molecule has 14 heavy (non-hydrogen) atoms. The Labute approximate surface area is 88.0 Å². The van der Waals surface area contributed by atoms with E-state index in [-0.39, 0.29) is 11.9 Å². The Balaban J connectivity index is 3.73. The van der Waals surface area contributed by atoms with Crippen molar-refractivity contribution in [2.45, 2.75) is 53.4 Å². The molecule has 0 aliphatic heterocycles. The number of hydrogen-bond donors (Lipinski definition) is 0. The number of carbonyl (C=O) groups excluding carboxylic acids is 1. The van der Waals surface area contributed by atoms with Gasteiger partial charge in [-0.25, -0.2) is 0 Å². The number of esters is 1. The van der Waals surface area contributed by atoms with Gasteiger partial charge in [0, 0.05) is 0 Å². The molecule has 0 aromatic heterocycles. The van der Waals surface area contributed by atoms with Gasteiger partial charge in [-0.1, -0.05) is 40.5 Å². The summed E-state index contributed by atoms with van der Waals surface area (Å²) in [6, 6.07) is 0. The molecule has 0 saturated heterocycles. The van der Waals surface area contributed by atoms with Crippen LogP contribution >= 0.6 is 0 Å². The Hall–Kier alpha value is -0.530. The molecule has 0 saturated carbocycles. The van der Waals surface area contributed by atoms with E-state index in [0.717, 1.165) is 19.3 Å². The third-order valence-corrected chi connectivity index (χ3v) is 2.75. The van der Waals surface area contributed by atoms with E-state index in [1.807, 2.05) is 13.8 Å². The maximum Gasteiger partial charge on any atom is 0.308 e. The molecule has 0 radical (unpaired) electrons. The summed E-state index contributed by atoms with van der Waals surface area (Å²) in [7, 11) is 0. The molecule has 0 N–H and O–H groups in total. The molecule has 0 heterocycles. The second kappa shape index (κ2) is 7.84. The highest BCUT2D eigenvalue weighted by molar-refractivity contribution is 5.71. The summed E-state index contributed by atoms with van der Waals surface area (Å²) in [6.45, 7) is 8.85. The van der Waals surface area contributed by atoms with E-state index in [2.05, 4.69) is 13.8 Å². The van der Waals surface area contributed by atoms with E-state index in [4.69, 9.17) is 4.74 Å². The van der Waals surface area contributed by atoms with Gasteiger partial charge in [-0.3, -0.25) is 4.79 Å². The van der Waals surface area contributed by atoms with Crippen LogP contribution in [-0.4, -0.2) is 12.6 Å². The zero-order valence-corrected chi connectivity index (χ0v) is 10.0. The van der Waals surface area contributed by atoms with Crippen molar-refractivity contribution in [2.75, 3.05) is 6.61 Å². The fourth-order valence-corrected chi connectivity index (χ4v) is 1.32. The van der Waals surface area contributed by atoms with Crippen LogP contribution in [-0.2, 0) is 9.53 Å². The molecule has 0 bridgehead atoms. The van der Waals surface area contributed by atoms with Gasteiger partial charge in [-0.15, -0.1) is 0 Å². The monoisotopic (exact) mass is 200 g/mol. The molecule has 2 heteroatoms. The lowest BCUT2D eigenvalue weighted by Crippen LogP contribution is -2.18. The Morgan fingerprint density at radius 1 is 1.21 bits per heavy atom. The van der Waals surface area contributed by atoms with Crippen molar-refractivity contribution >= 4 is 5.97 Å². The van der Waals surface area contributed by atoms with Gasteiger partial charge in [0.2, 0.25) is 0 Å². The highest BCUT2D eigenvalue weighted by Crippen LogP contribution is 2.12. The van der Waals surface area contributed by atoms with E-state index in [0.29, 0.717) is 12.5 Å². The molecule has 0 aromatic rings. The molecule has 2 nitrogen and oxygen atoms in total. The summed E-state index contributed by atoms with van der Waals surface area (Å²) < 4.78 is 5.26. The third-order valence-electron chi connectivity index (χ3n) is 2.75. The lowest BCUT2D eigenvalue weighted by atomic mass is 10.0. The van der Waals surface area contributed by atoms with E-state index < -0.39 is 0 Å². The molecule has 0 fully saturated rings. The highest BCUT2D eigenvalue weighted by atomic mass is 16.5. The van der Waals surface area contributed by atoms with E-state index in [9.17, 15) is 4.79 Å². The van der Waals surface area contributed by atoms with Crippen molar-refractivity contribution in [3.8, 4) is 0 Å². The first-order valence-corrected chi connectivity index (χ1v) is 5.82. The van der Waals surface area contributed by atoms with Gasteiger partial charge in [0.05, 0.1) is 12.5 Å². The molecule has 0 aliphatic carbocycles. The van der Waals surface area contributed by atoms with Crippen molar-refractivity contribution in [3.05, 3.63) is 0 Å². The number of ether oxygens (including phenoxy) is 1. The largest absolute Gasteiger partial charge is 0.465 e.